The van der Waals surface area contributed by atoms with Crippen LogP contribution in [0.15, 0.2) is 161 Å². The predicted molar refractivity (Wildman–Crippen MR) is 279 cm³/mol. The van der Waals surface area contributed by atoms with Crippen LogP contribution in [0, 0.1) is 12.1 Å². The van der Waals surface area contributed by atoms with E-state index >= 15 is 0 Å². The van der Waals surface area contributed by atoms with Crippen LogP contribution in [0.1, 0.15) is 76.3 Å². The number of furan rings is 1. The van der Waals surface area contributed by atoms with Crippen molar-refractivity contribution >= 4 is 62.9 Å². The maximum atomic E-state index is 8.79. The van der Waals surface area contributed by atoms with Gasteiger partial charge in [-0.15, -0.1) is 54.1 Å². The van der Waals surface area contributed by atoms with Crippen molar-refractivity contribution in [3.8, 4) is 39.5 Å². The van der Waals surface area contributed by atoms with Crippen molar-refractivity contribution in [3.63, 3.8) is 0 Å². The fourth-order valence-corrected chi connectivity index (χ4v) is 12.1. The molecule has 5 heterocycles. The summed E-state index contributed by atoms with van der Waals surface area (Å²) in [6, 6.07) is 57.5. The van der Waals surface area contributed by atoms with E-state index in [0.29, 0.717) is 0 Å². The molecule has 7 aromatic carbocycles. The van der Waals surface area contributed by atoms with Gasteiger partial charge in [0, 0.05) is 52.2 Å². The van der Waals surface area contributed by atoms with Gasteiger partial charge < -0.3 is 18.4 Å². The molecule has 1 saturated heterocycles. The van der Waals surface area contributed by atoms with Crippen molar-refractivity contribution in [3.05, 3.63) is 181 Å². The smallest absolute Gasteiger partial charge is 0.182 e. The number of aromatic nitrogens is 4. The second-order valence-electron chi connectivity index (χ2n) is 19.4. The van der Waals surface area contributed by atoms with Crippen LogP contribution in [-0.4, -0.2) is 27.6 Å². The molecule has 12 rings (SSSR count). The predicted octanol–water partition coefficient (Wildman–Crippen LogP) is 16.7. The van der Waals surface area contributed by atoms with Crippen LogP contribution in [-0.2, 0) is 20.1 Å². The normalized spacial score (nSPS) is 14.7. The van der Waals surface area contributed by atoms with E-state index in [-0.39, 0.29) is 31.9 Å². The zero-order chi connectivity index (χ0) is 46.7. The first kappa shape index (κ1) is 44.1. The molecule has 0 bridgehead atoms. The summed E-state index contributed by atoms with van der Waals surface area (Å²) < 4.78 is 23.5. The van der Waals surface area contributed by atoms with E-state index in [1.165, 1.54) is 46.4 Å². The van der Waals surface area contributed by atoms with Gasteiger partial charge in [-0.25, -0.2) is 4.98 Å². The minimum atomic E-state index is -1.02. The molecule has 11 aromatic rings. The second-order valence-corrected chi connectivity index (χ2v) is 24.8. The van der Waals surface area contributed by atoms with E-state index in [0.717, 1.165) is 95.9 Å². The van der Waals surface area contributed by atoms with Crippen molar-refractivity contribution in [2.75, 3.05) is 0 Å². The van der Waals surface area contributed by atoms with Gasteiger partial charge in [-0.3, -0.25) is 4.98 Å². The number of benzene rings is 7. The summed E-state index contributed by atoms with van der Waals surface area (Å²) in [6.07, 6.45) is 5.38. The van der Waals surface area contributed by atoms with Gasteiger partial charge in [0.2, 0.25) is 0 Å². The van der Waals surface area contributed by atoms with E-state index in [1.54, 1.807) is 0 Å². The summed E-state index contributed by atoms with van der Waals surface area (Å²) in [7, 11) is -1.02. The third-order valence-electron chi connectivity index (χ3n) is 13.8. The Balaban J connectivity index is 0.000000211. The summed E-state index contributed by atoms with van der Waals surface area (Å²) in [5.74, 6) is 0.934. The van der Waals surface area contributed by atoms with Crippen molar-refractivity contribution in [2.45, 2.75) is 83.4 Å². The maximum absolute atomic E-state index is 8.79. The van der Waals surface area contributed by atoms with Gasteiger partial charge in [0.15, 0.2) is 12.0 Å². The molecule has 0 amide bonds. The summed E-state index contributed by atoms with van der Waals surface area (Å²) in [4.78, 5) is 14.3. The number of oxazole rings is 1. The summed E-state index contributed by atoms with van der Waals surface area (Å²) in [5.41, 5.74) is 15.2. The summed E-state index contributed by atoms with van der Waals surface area (Å²) in [5, 5.41) is 4.17. The largest absolute Gasteiger partial charge is 0.501 e. The zero-order valence-corrected chi connectivity index (χ0v) is 42.8. The maximum Gasteiger partial charge on any atom is 0.182 e. The Morgan fingerprint density at radius 3 is 2.18 bits per heavy atom. The molecule has 1 aliphatic rings. The summed E-state index contributed by atoms with van der Waals surface area (Å²) in [6.45, 7) is 14.0. The molecule has 0 unspecified atom stereocenters. The van der Waals surface area contributed by atoms with Crippen LogP contribution < -0.4 is 0 Å². The molecule has 1 fully saturated rings. The zero-order valence-electron chi connectivity index (χ0n) is 40.4. The Kier molecular flexibility index (Phi) is 12.0. The van der Waals surface area contributed by atoms with Crippen LogP contribution in [0.4, 0.5) is 0 Å². The molecule has 68 heavy (non-hydrogen) atoms. The van der Waals surface area contributed by atoms with Gasteiger partial charge >= 0.3 is 0 Å². The number of para-hydroxylation sites is 2. The molecule has 1 radical (unpaired) electrons. The number of nitrogens with zero attached hydrogens (tertiary/aromatic N) is 4. The number of hydrogen-bond acceptors (Lipinski definition) is 5. The average Bonchev–Trinajstić information content (AvgIpc) is 4.11. The van der Waals surface area contributed by atoms with Crippen LogP contribution in [0.2, 0.25) is 25.2 Å². The minimum absolute atomic E-state index is 0. The Hall–Kier alpha value is -6.44. The number of rotatable bonds is 7. The quantitative estimate of drug-likeness (QED) is 0.117. The molecule has 0 aliphatic carbocycles. The Bertz CT molecular complexity index is 3600. The Morgan fingerprint density at radius 1 is 0.706 bits per heavy atom. The molecule has 341 valence electrons. The fraction of sp³-hybridized carbons (Fsp3) is 0.217. The molecule has 4 aromatic heterocycles. The topological polar surface area (TPSA) is 69.9 Å². The van der Waals surface area contributed by atoms with E-state index in [9.17, 15) is 0 Å². The van der Waals surface area contributed by atoms with Crippen molar-refractivity contribution in [1.29, 1.82) is 0 Å². The van der Waals surface area contributed by atoms with Crippen molar-refractivity contribution in [1.82, 2.24) is 19.5 Å². The molecule has 0 saturated carbocycles. The van der Waals surface area contributed by atoms with Gasteiger partial charge in [-0.05, 0) is 112 Å². The van der Waals surface area contributed by atoms with Gasteiger partial charge in [-0.2, -0.15) is 0 Å². The monoisotopic (exact) mass is 1080 g/mol. The van der Waals surface area contributed by atoms with Gasteiger partial charge in [-0.1, -0.05) is 124 Å². The molecule has 8 heteroatoms. The van der Waals surface area contributed by atoms with Gasteiger partial charge in [0.1, 0.15) is 11.1 Å². The standard InChI is InChI=1S/C42H32N3O2.C18H22NSi.Ir/c1-24(2)31-20-28(26-11-6-5-7-12-26)21-32(25(3)4)40(31)45-36-16-9-8-15-35(36)44-42(45)30-14-10-13-29-34-19-27-17-18-37-39(43-23-46-37)33(27)22-38(34)47-41(29)30;1-20(2)12-10-15(11-13-20)17-8-9-18(19-14-17)16-6-4-3-5-7-16;/h5-13,15-25H,1-4H3;3-6,8-9,14-15H,10-13H2,1-2H3;/q2*-1;/i;15D;. The van der Waals surface area contributed by atoms with E-state index in [4.69, 9.17) is 15.2 Å². The van der Waals surface area contributed by atoms with E-state index < -0.39 is 14.0 Å². The Morgan fingerprint density at radius 2 is 1.46 bits per heavy atom. The molecular formula is C60H54IrN4O2Si-2. The van der Waals surface area contributed by atoms with Gasteiger partial charge in [0.25, 0.3) is 0 Å². The molecule has 0 atom stereocenters. The summed E-state index contributed by atoms with van der Waals surface area (Å²) >= 11 is 0. The van der Waals surface area contributed by atoms with E-state index in [2.05, 4.69) is 165 Å². The number of imidazole rings is 1. The molecule has 0 N–H and O–H groups in total. The molecular weight excluding hydrogens is 1030 g/mol. The van der Waals surface area contributed by atoms with Crippen LogP contribution in [0.3, 0.4) is 0 Å². The number of pyridine rings is 1. The fourth-order valence-electron chi connectivity index (χ4n) is 9.92. The second kappa shape index (κ2) is 18.6. The van der Waals surface area contributed by atoms with E-state index in [1.807, 2.05) is 48.7 Å². The SMILES string of the molecule is CC(C)c1cc(-c2ccccc2)cc(C(C)C)c1-n1c(-c2[c-]ccc3c2oc2cc4c(ccc5ocnc54)cc23)nc2ccccc21.[2H]C1(c2ccc(-c3[c-]cccc3)nc2)CC[Si](C)(C)CC1.[Ir]. The molecule has 6 nitrogen and oxygen atoms in total. The first-order valence-electron chi connectivity index (χ1n) is 24.1. The number of hydrogen-bond donors (Lipinski definition) is 0. The van der Waals surface area contributed by atoms with Gasteiger partial charge in [0.05, 0.1) is 22.4 Å². The first-order chi connectivity index (χ1) is 32.9. The third-order valence-corrected chi connectivity index (χ3v) is 17.0. The minimum Gasteiger partial charge on any atom is -0.501 e. The molecule has 1 aliphatic heterocycles. The molecule has 0 spiro atoms. The van der Waals surface area contributed by atoms with Crippen molar-refractivity contribution in [2.24, 2.45) is 0 Å². The van der Waals surface area contributed by atoms with Crippen molar-refractivity contribution < 1.29 is 30.3 Å². The number of fused-ring (bicyclic) bond motifs is 7. The van der Waals surface area contributed by atoms with Crippen LogP contribution in [0.5, 0.6) is 0 Å². The third kappa shape index (κ3) is 8.44. The average molecular weight is 1080 g/mol. The first-order valence-corrected chi connectivity index (χ1v) is 27.0. The van der Waals surface area contributed by atoms with Crippen LogP contribution in [0.25, 0.3) is 94.3 Å². The Labute approximate surface area is 414 Å². The van der Waals surface area contributed by atoms with Crippen LogP contribution >= 0.6 is 0 Å².